The number of amides is 1. The van der Waals surface area contributed by atoms with Gasteiger partial charge in [-0.2, -0.15) is 0 Å². The molecule has 2 aromatic carbocycles. The predicted molar refractivity (Wildman–Crippen MR) is 87.4 cm³/mol. The molecule has 0 aliphatic heterocycles. The number of aromatic amines is 1. The van der Waals surface area contributed by atoms with E-state index in [1.807, 2.05) is 30.3 Å². The summed E-state index contributed by atoms with van der Waals surface area (Å²) in [4.78, 5) is 12.0. The highest BCUT2D eigenvalue weighted by molar-refractivity contribution is 7.71. The minimum atomic E-state index is -0.515. The Labute approximate surface area is 137 Å². The van der Waals surface area contributed by atoms with E-state index < -0.39 is 6.09 Å². The molecule has 0 fully saturated rings. The van der Waals surface area contributed by atoms with E-state index in [0.29, 0.717) is 11.6 Å². The van der Waals surface area contributed by atoms with E-state index in [2.05, 4.69) is 15.5 Å². The monoisotopic (exact) mass is 327 g/mol. The van der Waals surface area contributed by atoms with Crippen molar-refractivity contribution < 1.29 is 13.9 Å². The number of ether oxygens (including phenoxy) is 1. The highest BCUT2D eigenvalue weighted by Gasteiger charge is 2.06. The van der Waals surface area contributed by atoms with E-state index in [0.717, 1.165) is 11.1 Å². The number of hydrogen-bond donors (Lipinski definition) is 2. The molecule has 116 valence electrons. The normalized spacial score (nSPS) is 10.3. The molecule has 0 spiro atoms. The number of carbonyl (C=O) groups excluding carboxylic acids is 1. The van der Waals surface area contributed by atoms with E-state index in [9.17, 15) is 4.79 Å². The van der Waals surface area contributed by atoms with Crippen molar-refractivity contribution in [3.63, 3.8) is 0 Å². The fraction of sp³-hybridized carbons (Fsp3) is 0.0625. The first kappa shape index (κ1) is 15.0. The summed E-state index contributed by atoms with van der Waals surface area (Å²) < 4.78 is 10.4. The molecule has 0 aliphatic rings. The molecule has 1 amide bonds. The maximum absolute atomic E-state index is 11.8. The van der Waals surface area contributed by atoms with Gasteiger partial charge in [0.05, 0.1) is 0 Å². The molecule has 0 bridgehead atoms. The van der Waals surface area contributed by atoms with Crippen molar-refractivity contribution in [2.24, 2.45) is 0 Å². The number of hydrogen-bond acceptors (Lipinski definition) is 5. The second-order valence-corrected chi connectivity index (χ2v) is 5.05. The fourth-order valence-electron chi connectivity index (χ4n) is 1.93. The Balaban J connectivity index is 1.57. The molecule has 6 nitrogen and oxygen atoms in total. The Morgan fingerprint density at radius 3 is 2.57 bits per heavy atom. The molecular formula is C16H13N3O3S. The van der Waals surface area contributed by atoms with Gasteiger partial charge in [0.25, 0.3) is 4.84 Å². The average Bonchev–Trinajstić information content (AvgIpc) is 3.01. The van der Waals surface area contributed by atoms with E-state index in [-0.39, 0.29) is 11.4 Å². The highest BCUT2D eigenvalue weighted by Crippen LogP contribution is 2.19. The second-order valence-electron chi connectivity index (χ2n) is 4.68. The van der Waals surface area contributed by atoms with Crippen molar-refractivity contribution in [3.8, 4) is 11.5 Å². The van der Waals surface area contributed by atoms with Gasteiger partial charge in [-0.05, 0) is 42.0 Å². The third kappa shape index (κ3) is 4.04. The lowest BCUT2D eigenvalue weighted by atomic mass is 10.2. The van der Waals surface area contributed by atoms with E-state index in [1.54, 1.807) is 24.3 Å². The third-order valence-electron chi connectivity index (χ3n) is 3.03. The summed E-state index contributed by atoms with van der Waals surface area (Å²) in [6.07, 6.45) is -0.515. The summed E-state index contributed by atoms with van der Waals surface area (Å²) in [5.74, 6) is 0.396. The molecule has 0 saturated carbocycles. The molecular weight excluding hydrogens is 314 g/mol. The largest absolute Gasteiger partial charge is 0.444 e. The van der Waals surface area contributed by atoms with Gasteiger partial charge in [-0.1, -0.05) is 30.3 Å². The van der Waals surface area contributed by atoms with Crippen LogP contribution < -0.4 is 5.32 Å². The summed E-state index contributed by atoms with van der Waals surface area (Å²) in [5, 5.41) is 9.14. The van der Waals surface area contributed by atoms with Crippen molar-refractivity contribution in [3.05, 3.63) is 65.0 Å². The van der Waals surface area contributed by atoms with Crippen LogP contribution in [0, 0.1) is 4.84 Å². The SMILES string of the molecule is O=C(Nc1ccc(-c2n[nH]c(=S)o2)cc1)OCc1ccccc1. The van der Waals surface area contributed by atoms with Crippen LogP contribution in [0.1, 0.15) is 5.56 Å². The summed E-state index contributed by atoms with van der Waals surface area (Å²) >= 11 is 4.83. The number of nitrogens with zero attached hydrogens (tertiary/aromatic N) is 1. The first-order chi connectivity index (χ1) is 11.2. The average molecular weight is 327 g/mol. The zero-order valence-electron chi connectivity index (χ0n) is 12.0. The molecule has 0 atom stereocenters. The number of nitrogens with one attached hydrogen (secondary N) is 2. The Kier molecular flexibility index (Phi) is 4.49. The van der Waals surface area contributed by atoms with Crippen molar-refractivity contribution in [2.45, 2.75) is 6.61 Å². The Morgan fingerprint density at radius 2 is 1.91 bits per heavy atom. The summed E-state index contributed by atoms with van der Waals surface area (Å²) in [6, 6.07) is 16.5. The van der Waals surface area contributed by atoms with E-state index in [1.165, 1.54) is 0 Å². The van der Waals surface area contributed by atoms with Gasteiger partial charge in [0, 0.05) is 11.3 Å². The fourth-order valence-corrected chi connectivity index (χ4v) is 2.05. The van der Waals surface area contributed by atoms with E-state index in [4.69, 9.17) is 21.4 Å². The minimum Gasteiger partial charge on any atom is -0.444 e. The van der Waals surface area contributed by atoms with Crippen LogP contribution in [0.2, 0.25) is 0 Å². The van der Waals surface area contributed by atoms with Crippen molar-refractivity contribution in [1.29, 1.82) is 0 Å². The topological polar surface area (TPSA) is 80.2 Å². The number of H-pyrrole nitrogens is 1. The zero-order valence-corrected chi connectivity index (χ0v) is 12.8. The lowest BCUT2D eigenvalue weighted by Gasteiger charge is -2.07. The molecule has 0 unspecified atom stereocenters. The van der Waals surface area contributed by atoms with Crippen LogP contribution in [0.15, 0.2) is 59.0 Å². The lowest BCUT2D eigenvalue weighted by molar-refractivity contribution is 0.155. The first-order valence-corrected chi connectivity index (χ1v) is 7.25. The number of rotatable bonds is 4. The maximum atomic E-state index is 11.8. The molecule has 23 heavy (non-hydrogen) atoms. The molecule has 0 radical (unpaired) electrons. The van der Waals surface area contributed by atoms with Crippen LogP contribution in [-0.2, 0) is 11.3 Å². The number of carbonyl (C=O) groups is 1. The maximum Gasteiger partial charge on any atom is 0.411 e. The van der Waals surface area contributed by atoms with Gasteiger partial charge in [0.1, 0.15) is 6.61 Å². The van der Waals surface area contributed by atoms with Gasteiger partial charge >= 0.3 is 6.09 Å². The summed E-state index contributed by atoms with van der Waals surface area (Å²) in [6.45, 7) is 0.221. The van der Waals surface area contributed by atoms with Crippen LogP contribution in [-0.4, -0.2) is 16.3 Å². The van der Waals surface area contributed by atoms with Crippen molar-refractivity contribution >= 4 is 24.0 Å². The molecule has 2 N–H and O–H groups in total. The Morgan fingerprint density at radius 1 is 1.17 bits per heavy atom. The van der Waals surface area contributed by atoms with Gasteiger partial charge in [0.15, 0.2) is 0 Å². The van der Waals surface area contributed by atoms with Gasteiger partial charge in [0.2, 0.25) is 5.89 Å². The van der Waals surface area contributed by atoms with Crippen molar-refractivity contribution in [1.82, 2.24) is 10.2 Å². The van der Waals surface area contributed by atoms with Crippen LogP contribution in [0.3, 0.4) is 0 Å². The van der Waals surface area contributed by atoms with Gasteiger partial charge in [-0.25, -0.2) is 9.89 Å². The van der Waals surface area contributed by atoms with Crippen LogP contribution in [0.25, 0.3) is 11.5 Å². The molecule has 3 rings (SSSR count). The van der Waals surface area contributed by atoms with Gasteiger partial charge < -0.3 is 9.15 Å². The molecule has 1 aromatic heterocycles. The van der Waals surface area contributed by atoms with Crippen LogP contribution in [0.5, 0.6) is 0 Å². The number of benzene rings is 2. The van der Waals surface area contributed by atoms with E-state index >= 15 is 0 Å². The quantitative estimate of drug-likeness (QED) is 0.704. The molecule has 3 aromatic rings. The highest BCUT2D eigenvalue weighted by atomic mass is 32.1. The predicted octanol–water partition coefficient (Wildman–Crippen LogP) is 4.15. The molecule has 0 aliphatic carbocycles. The Bertz CT molecular complexity index is 841. The third-order valence-corrected chi connectivity index (χ3v) is 3.20. The standard InChI is InChI=1S/C16H13N3O3S/c20-15(21-10-11-4-2-1-3-5-11)17-13-8-6-12(7-9-13)14-18-19-16(23)22-14/h1-9H,10H2,(H,17,20)(H,19,23). The minimum absolute atomic E-state index is 0.215. The smallest absolute Gasteiger partial charge is 0.411 e. The Hall–Kier alpha value is -2.93. The van der Waals surface area contributed by atoms with Crippen LogP contribution >= 0.6 is 12.2 Å². The number of anilines is 1. The number of aromatic nitrogens is 2. The summed E-state index contributed by atoms with van der Waals surface area (Å²) in [5.41, 5.74) is 2.29. The molecule has 0 saturated heterocycles. The van der Waals surface area contributed by atoms with Crippen LogP contribution in [0.4, 0.5) is 10.5 Å². The van der Waals surface area contributed by atoms with Crippen molar-refractivity contribution in [2.75, 3.05) is 5.32 Å². The lowest BCUT2D eigenvalue weighted by Crippen LogP contribution is -2.13. The summed E-state index contributed by atoms with van der Waals surface area (Å²) in [7, 11) is 0. The first-order valence-electron chi connectivity index (χ1n) is 6.84. The van der Waals surface area contributed by atoms with Gasteiger partial charge in [-0.15, -0.1) is 5.10 Å². The molecule has 7 heteroatoms. The molecule has 1 heterocycles. The zero-order chi connectivity index (χ0) is 16.1. The van der Waals surface area contributed by atoms with Gasteiger partial charge in [-0.3, -0.25) is 5.32 Å². The second kappa shape index (κ2) is 6.89.